The molecule has 2 aromatic rings. The van der Waals surface area contributed by atoms with E-state index in [2.05, 4.69) is 4.98 Å². The first-order valence-electron chi connectivity index (χ1n) is 9.37. The summed E-state index contributed by atoms with van der Waals surface area (Å²) in [5.41, 5.74) is 3.73. The van der Waals surface area contributed by atoms with Crippen molar-refractivity contribution in [2.45, 2.75) is 39.7 Å². The quantitative estimate of drug-likeness (QED) is 0.530. The molecule has 0 atom stereocenters. The van der Waals surface area contributed by atoms with E-state index in [1.807, 2.05) is 57.3 Å². The molecule has 0 aliphatic carbocycles. The van der Waals surface area contributed by atoms with Gasteiger partial charge in [-0.1, -0.05) is 18.2 Å². The van der Waals surface area contributed by atoms with Gasteiger partial charge in [0.25, 0.3) is 0 Å². The largest absolute Gasteiger partial charge is 0.466 e. The Labute approximate surface area is 172 Å². The van der Waals surface area contributed by atoms with Crippen LogP contribution < -0.4 is 0 Å². The van der Waals surface area contributed by atoms with E-state index in [-0.39, 0.29) is 5.97 Å². The van der Waals surface area contributed by atoms with Crippen molar-refractivity contribution in [1.29, 1.82) is 0 Å². The third-order valence-corrected chi connectivity index (χ3v) is 3.88. The maximum atomic E-state index is 12.0. The lowest BCUT2D eigenvalue weighted by Gasteiger charge is -2.17. The minimum absolute atomic E-state index is 0.381. The van der Waals surface area contributed by atoms with E-state index in [0.717, 1.165) is 22.3 Å². The van der Waals surface area contributed by atoms with Gasteiger partial charge in [0.15, 0.2) is 0 Å². The second kappa shape index (κ2) is 9.82. The summed E-state index contributed by atoms with van der Waals surface area (Å²) in [4.78, 5) is 27.9. The molecule has 0 bridgehead atoms. The number of hydrogen-bond donors (Lipinski definition) is 0. The predicted octanol–water partition coefficient (Wildman–Crippen LogP) is 4.60. The molecule has 5 heteroatoms. The van der Waals surface area contributed by atoms with E-state index >= 15 is 0 Å². The highest BCUT2D eigenvalue weighted by Crippen LogP contribution is 2.19. The summed E-state index contributed by atoms with van der Waals surface area (Å²) in [6.45, 7) is 7.18. The average molecular weight is 393 g/mol. The highest BCUT2D eigenvalue weighted by molar-refractivity contribution is 5.93. The zero-order valence-corrected chi connectivity index (χ0v) is 17.6. The van der Waals surface area contributed by atoms with Crippen molar-refractivity contribution < 1.29 is 19.1 Å². The van der Waals surface area contributed by atoms with Crippen molar-refractivity contribution in [1.82, 2.24) is 4.98 Å². The van der Waals surface area contributed by atoms with Gasteiger partial charge in [0.2, 0.25) is 0 Å². The standard InChI is InChI=1S/C24H27NO4/c1-17(23(27)28-5)11-20-12-18(8-9-22(26)29-24(2,3)4)13-21(15-20)14-19-7-6-10-25-16-19/h6-13,15-16H,14H2,1-5H3/b9-8+,17-11?. The van der Waals surface area contributed by atoms with Gasteiger partial charge in [-0.25, -0.2) is 9.59 Å². The number of nitrogens with zero attached hydrogens (tertiary/aromatic N) is 1. The first-order valence-corrected chi connectivity index (χ1v) is 9.37. The van der Waals surface area contributed by atoms with Crippen molar-refractivity contribution in [2.75, 3.05) is 7.11 Å². The molecular weight excluding hydrogens is 366 g/mol. The number of aromatic nitrogens is 1. The third-order valence-electron chi connectivity index (χ3n) is 3.88. The average Bonchev–Trinajstić information content (AvgIpc) is 2.65. The molecule has 0 unspecified atom stereocenters. The van der Waals surface area contributed by atoms with Crippen LogP contribution in [0.15, 0.2) is 54.4 Å². The molecule has 0 saturated heterocycles. The predicted molar refractivity (Wildman–Crippen MR) is 114 cm³/mol. The summed E-state index contributed by atoms with van der Waals surface area (Å²) in [7, 11) is 1.35. The summed E-state index contributed by atoms with van der Waals surface area (Å²) >= 11 is 0. The minimum atomic E-state index is -0.547. The smallest absolute Gasteiger partial charge is 0.333 e. The third kappa shape index (κ3) is 7.74. The number of carbonyl (C=O) groups excluding carboxylic acids is 2. The van der Waals surface area contributed by atoms with Gasteiger partial charge in [-0.15, -0.1) is 0 Å². The molecule has 0 radical (unpaired) electrons. The molecule has 1 aromatic carbocycles. The van der Waals surface area contributed by atoms with Crippen LogP contribution >= 0.6 is 0 Å². The van der Waals surface area contributed by atoms with Gasteiger partial charge in [-0.3, -0.25) is 4.98 Å². The SMILES string of the molecule is COC(=O)C(C)=Cc1cc(/C=C/C(=O)OC(C)(C)C)cc(Cc2cccnc2)c1. The molecule has 0 saturated carbocycles. The number of pyridine rings is 1. The first kappa shape index (κ1) is 22.1. The molecule has 5 nitrogen and oxygen atoms in total. The lowest BCUT2D eigenvalue weighted by Crippen LogP contribution is -2.22. The van der Waals surface area contributed by atoms with Crippen molar-refractivity contribution in [3.63, 3.8) is 0 Å². The van der Waals surface area contributed by atoms with Crippen molar-refractivity contribution >= 4 is 24.1 Å². The van der Waals surface area contributed by atoms with Crippen molar-refractivity contribution in [2.24, 2.45) is 0 Å². The minimum Gasteiger partial charge on any atom is -0.466 e. The Morgan fingerprint density at radius 3 is 2.45 bits per heavy atom. The number of rotatable bonds is 6. The Bertz CT molecular complexity index is 922. The van der Waals surface area contributed by atoms with Gasteiger partial charge >= 0.3 is 11.9 Å². The zero-order valence-electron chi connectivity index (χ0n) is 17.6. The Balaban J connectivity index is 2.36. The molecule has 0 aliphatic rings. The molecule has 0 N–H and O–H groups in total. The van der Waals surface area contributed by atoms with Crippen LogP contribution in [0, 0.1) is 0 Å². The molecule has 152 valence electrons. The molecule has 0 fully saturated rings. The van der Waals surface area contributed by atoms with Gasteiger partial charge in [0.05, 0.1) is 7.11 Å². The van der Waals surface area contributed by atoms with E-state index in [1.54, 1.807) is 25.3 Å². The molecule has 0 amide bonds. The Morgan fingerprint density at radius 2 is 1.83 bits per heavy atom. The molecule has 0 aliphatic heterocycles. The van der Waals surface area contributed by atoms with Crippen LogP contribution in [0.1, 0.15) is 49.9 Å². The van der Waals surface area contributed by atoms with Crippen LogP contribution in [0.4, 0.5) is 0 Å². The summed E-state index contributed by atoms with van der Waals surface area (Å²) in [5, 5.41) is 0. The maximum absolute atomic E-state index is 12.0. The summed E-state index contributed by atoms with van der Waals surface area (Å²) in [6.07, 6.45) is 9.12. The van der Waals surface area contributed by atoms with Crippen LogP contribution in [0.2, 0.25) is 0 Å². The molecule has 29 heavy (non-hydrogen) atoms. The first-order chi connectivity index (χ1) is 13.7. The lowest BCUT2D eigenvalue weighted by atomic mass is 9.99. The van der Waals surface area contributed by atoms with Crippen LogP contribution in [-0.2, 0) is 25.5 Å². The van der Waals surface area contributed by atoms with Crippen LogP contribution in [0.3, 0.4) is 0 Å². The normalized spacial score (nSPS) is 12.1. The van der Waals surface area contributed by atoms with E-state index < -0.39 is 11.6 Å². The second-order valence-electron chi connectivity index (χ2n) is 7.73. The summed E-state index contributed by atoms with van der Waals surface area (Å²) in [6, 6.07) is 9.80. The summed E-state index contributed by atoms with van der Waals surface area (Å²) in [5.74, 6) is -0.786. The van der Waals surface area contributed by atoms with E-state index in [9.17, 15) is 9.59 Å². The Hall–Kier alpha value is -3.21. The van der Waals surface area contributed by atoms with Gasteiger partial charge in [-0.05, 0) is 80.7 Å². The number of hydrogen-bond acceptors (Lipinski definition) is 5. The van der Waals surface area contributed by atoms with Crippen molar-refractivity contribution in [3.8, 4) is 0 Å². The number of ether oxygens (including phenoxy) is 2. The number of carbonyl (C=O) groups is 2. The molecule has 0 spiro atoms. The fraction of sp³-hybridized carbons (Fsp3) is 0.292. The Morgan fingerprint density at radius 1 is 1.10 bits per heavy atom. The van der Waals surface area contributed by atoms with Crippen molar-refractivity contribution in [3.05, 3.63) is 76.6 Å². The Kier molecular flexibility index (Phi) is 7.48. The summed E-state index contributed by atoms with van der Waals surface area (Å²) < 4.78 is 10.1. The fourth-order valence-electron chi connectivity index (χ4n) is 2.74. The molecule has 1 heterocycles. The highest BCUT2D eigenvalue weighted by atomic mass is 16.6. The fourth-order valence-corrected chi connectivity index (χ4v) is 2.74. The molecule has 1 aromatic heterocycles. The van der Waals surface area contributed by atoms with E-state index in [1.165, 1.54) is 13.2 Å². The van der Waals surface area contributed by atoms with Gasteiger partial charge in [0.1, 0.15) is 5.60 Å². The van der Waals surface area contributed by atoms with Gasteiger partial charge < -0.3 is 9.47 Å². The maximum Gasteiger partial charge on any atom is 0.333 e. The van der Waals surface area contributed by atoms with Crippen LogP contribution in [-0.4, -0.2) is 29.6 Å². The van der Waals surface area contributed by atoms with E-state index in [4.69, 9.17) is 9.47 Å². The van der Waals surface area contributed by atoms with E-state index in [0.29, 0.717) is 12.0 Å². The van der Waals surface area contributed by atoms with Crippen LogP contribution in [0.5, 0.6) is 0 Å². The molecule has 2 rings (SSSR count). The van der Waals surface area contributed by atoms with Gasteiger partial charge in [0, 0.05) is 24.0 Å². The lowest BCUT2D eigenvalue weighted by molar-refractivity contribution is -0.148. The zero-order chi connectivity index (χ0) is 21.4. The van der Waals surface area contributed by atoms with Gasteiger partial charge in [-0.2, -0.15) is 0 Å². The topological polar surface area (TPSA) is 65.5 Å². The highest BCUT2D eigenvalue weighted by Gasteiger charge is 2.14. The monoisotopic (exact) mass is 393 g/mol. The number of esters is 2. The second-order valence-corrected chi connectivity index (χ2v) is 7.73. The number of benzene rings is 1. The van der Waals surface area contributed by atoms with Crippen LogP contribution in [0.25, 0.3) is 12.2 Å². The number of methoxy groups -OCH3 is 1. The molecular formula is C24H27NO4.